The molecule has 0 aromatic heterocycles. The minimum absolute atomic E-state index is 0.0803. The third kappa shape index (κ3) is 6.40. The monoisotopic (exact) mass is 447 g/mol. The molecular formula is C18H14Cl2F3N3OS. The molecule has 0 aliphatic rings. The van der Waals surface area contributed by atoms with Crippen molar-refractivity contribution in [3.05, 3.63) is 64.7 Å². The Morgan fingerprint density at radius 2 is 1.86 bits per heavy atom. The van der Waals surface area contributed by atoms with Gasteiger partial charge in [0, 0.05) is 16.3 Å². The molecule has 2 rings (SSSR count). The predicted octanol–water partition coefficient (Wildman–Crippen LogP) is 5.92. The Morgan fingerprint density at radius 3 is 2.46 bits per heavy atom. The van der Waals surface area contributed by atoms with Gasteiger partial charge in [-0.15, -0.1) is 0 Å². The number of halogens is 5. The zero-order chi connectivity index (χ0) is 20.7. The van der Waals surface area contributed by atoms with Crippen molar-refractivity contribution in [2.75, 3.05) is 12.4 Å². The molecule has 0 aliphatic carbocycles. The lowest BCUT2D eigenvalue weighted by molar-refractivity contribution is -0.137. The van der Waals surface area contributed by atoms with Crippen LogP contribution in [0.5, 0.6) is 5.75 Å². The highest BCUT2D eigenvalue weighted by atomic mass is 35.5. The maximum absolute atomic E-state index is 13.2. The molecule has 0 spiro atoms. The summed E-state index contributed by atoms with van der Waals surface area (Å²) in [5.41, 5.74) is 2.01. The Morgan fingerprint density at radius 1 is 1.18 bits per heavy atom. The molecule has 2 aromatic rings. The van der Waals surface area contributed by atoms with Gasteiger partial charge in [-0.3, -0.25) is 5.43 Å². The molecule has 0 bridgehead atoms. The van der Waals surface area contributed by atoms with Crippen molar-refractivity contribution in [3.8, 4) is 5.75 Å². The molecule has 148 valence electrons. The first kappa shape index (κ1) is 22.0. The number of methoxy groups -OCH3 is 1. The van der Waals surface area contributed by atoms with Gasteiger partial charge in [-0.05, 0) is 54.2 Å². The van der Waals surface area contributed by atoms with Gasteiger partial charge in [-0.2, -0.15) is 18.3 Å². The van der Waals surface area contributed by atoms with Crippen LogP contribution < -0.4 is 15.5 Å². The minimum Gasteiger partial charge on any atom is -0.497 e. The maximum Gasteiger partial charge on any atom is 0.418 e. The second-order valence-corrected chi connectivity index (χ2v) is 6.53. The molecule has 0 saturated carbocycles. The van der Waals surface area contributed by atoms with E-state index in [1.165, 1.54) is 31.5 Å². The van der Waals surface area contributed by atoms with Crippen molar-refractivity contribution < 1.29 is 17.9 Å². The standard InChI is InChI=1S/C18H14Cl2F3N3OS/c1-27-13-6-7-16(14(10-13)18(21,22)23)25-17(28)26-24-9-8-15(20)11-2-4-12(19)5-3-11/h2-10H,1H3,(H2,25,26,28)/b15-8-,24-9-. The van der Waals surface area contributed by atoms with Gasteiger partial charge < -0.3 is 10.1 Å². The summed E-state index contributed by atoms with van der Waals surface area (Å²) < 4.78 is 44.4. The van der Waals surface area contributed by atoms with Crippen LogP contribution in [0.4, 0.5) is 18.9 Å². The van der Waals surface area contributed by atoms with Crippen molar-refractivity contribution in [1.29, 1.82) is 0 Å². The van der Waals surface area contributed by atoms with Crippen LogP contribution >= 0.6 is 35.4 Å². The van der Waals surface area contributed by atoms with Crippen LogP contribution in [0.25, 0.3) is 5.03 Å². The van der Waals surface area contributed by atoms with Crippen LogP contribution in [-0.4, -0.2) is 18.4 Å². The predicted molar refractivity (Wildman–Crippen MR) is 111 cm³/mol. The number of alkyl halides is 3. The van der Waals surface area contributed by atoms with Crippen molar-refractivity contribution in [2.45, 2.75) is 6.18 Å². The van der Waals surface area contributed by atoms with Gasteiger partial charge in [0.2, 0.25) is 0 Å². The molecule has 0 amide bonds. The smallest absolute Gasteiger partial charge is 0.418 e. The summed E-state index contributed by atoms with van der Waals surface area (Å²) in [6.07, 6.45) is -1.76. The average molecular weight is 448 g/mol. The summed E-state index contributed by atoms with van der Waals surface area (Å²) in [7, 11) is 1.28. The number of benzene rings is 2. The quantitative estimate of drug-likeness (QED) is 0.339. The van der Waals surface area contributed by atoms with E-state index in [9.17, 15) is 13.2 Å². The first-order valence-corrected chi connectivity index (χ1v) is 8.84. The van der Waals surface area contributed by atoms with Gasteiger partial charge in [-0.25, -0.2) is 0 Å². The van der Waals surface area contributed by atoms with Crippen molar-refractivity contribution in [1.82, 2.24) is 5.43 Å². The van der Waals surface area contributed by atoms with E-state index in [1.807, 2.05) is 0 Å². The second-order valence-electron chi connectivity index (χ2n) is 5.27. The number of ether oxygens (including phenoxy) is 1. The summed E-state index contributed by atoms with van der Waals surface area (Å²) in [5, 5.41) is 7.12. The molecule has 0 unspecified atom stereocenters. The van der Waals surface area contributed by atoms with Gasteiger partial charge in [0.05, 0.1) is 18.4 Å². The van der Waals surface area contributed by atoms with Crippen LogP contribution in [0.1, 0.15) is 11.1 Å². The van der Waals surface area contributed by atoms with Crippen molar-refractivity contribution in [2.24, 2.45) is 5.10 Å². The highest BCUT2D eigenvalue weighted by Crippen LogP contribution is 2.37. The fourth-order valence-electron chi connectivity index (χ4n) is 2.05. The van der Waals surface area contributed by atoms with Crippen LogP contribution in [0.15, 0.2) is 53.6 Å². The number of nitrogens with one attached hydrogen (secondary N) is 2. The summed E-state index contributed by atoms with van der Waals surface area (Å²) >= 11 is 16.9. The minimum atomic E-state index is -4.58. The third-order valence-electron chi connectivity index (χ3n) is 3.36. The Labute approximate surface area is 175 Å². The fraction of sp³-hybridized carbons (Fsp3) is 0.111. The molecule has 2 N–H and O–H groups in total. The summed E-state index contributed by atoms with van der Waals surface area (Å²) in [6, 6.07) is 10.3. The molecule has 0 atom stereocenters. The molecule has 0 radical (unpaired) electrons. The number of allylic oxidation sites excluding steroid dienone is 1. The molecule has 0 heterocycles. The van der Waals surface area contributed by atoms with E-state index in [2.05, 4.69) is 15.8 Å². The number of hydrogen-bond donors (Lipinski definition) is 2. The van der Waals surface area contributed by atoms with Crippen LogP contribution in [0, 0.1) is 0 Å². The van der Waals surface area contributed by atoms with Crippen LogP contribution in [-0.2, 0) is 6.18 Å². The number of anilines is 1. The summed E-state index contributed by atoms with van der Waals surface area (Å²) in [6.45, 7) is 0. The maximum atomic E-state index is 13.2. The van der Waals surface area contributed by atoms with Gasteiger partial charge >= 0.3 is 6.18 Å². The molecule has 0 aliphatic heterocycles. The number of thiocarbonyl (C=S) groups is 1. The normalized spacial score (nSPS) is 12.1. The lowest BCUT2D eigenvalue weighted by Crippen LogP contribution is -2.25. The lowest BCUT2D eigenvalue weighted by atomic mass is 10.1. The molecule has 2 aromatic carbocycles. The largest absolute Gasteiger partial charge is 0.497 e. The van der Waals surface area contributed by atoms with E-state index in [-0.39, 0.29) is 16.5 Å². The molecule has 4 nitrogen and oxygen atoms in total. The van der Waals surface area contributed by atoms with Crippen molar-refractivity contribution in [3.63, 3.8) is 0 Å². The Bertz CT molecular complexity index is 900. The van der Waals surface area contributed by atoms with E-state index in [0.29, 0.717) is 10.1 Å². The number of hydrazone groups is 1. The third-order valence-corrected chi connectivity index (χ3v) is 4.15. The van der Waals surface area contributed by atoms with Gasteiger partial charge in [0.15, 0.2) is 5.11 Å². The Balaban J connectivity index is 2.01. The number of rotatable bonds is 5. The van der Waals surface area contributed by atoms with E-state index in [4.69, 9.17) is 40.2 Å². The van der Waals surface area contributed by atoms with Crippen molar-refractivity contribution >= 4 is 57.5 Å². The van der Waals surface area contributed by atoms with E-state index in [0.717, 1.165) is 11.6 Å². The molecule has 28 heavy (non-hydrogen) atoms. The highest BCUT2D eigenvalue weighted by Gasteiger charge is 2.34. The van der Waals surface area contributed by atoms with E-state index >= 15 is 0 Å². The topological polar surface area (TPSA) is 45.6 Å². The van der Waals surface area contributed by atoms with E-state index in [1.54, 1.807) is 24.3 Å². The molecule has 10 heteroatoms. The highest BCUT2D eigenvalue weighted by molar-refractivity contribution is 7.80. The number of hydrogen-bond acceptors (Lipinski definition) is 3. The Kier molecular flexibility index (Phi) is 7.68. The summed E-state index contributed by atoms with van der Waals surface area (Å²) in [4.78, 5) is 0. The van der Waals surface area contributed by atoms with E-state index < -0.39 is 11.7 Å². The number of nitrogens with zero attached hydrogens (tertiary/aromatic N) is 1. The van der Waals surface area contributed by atoms with Gasteiger partial charge in [0.25, 0.3) is 0 Å². The van der Waals surface area contributed by atoms with Gasteiger partial charge in [-0.1, -0.05) is 35.3 Å². The first-order chi connectivity index (χ1) is 13.2. The van der Waals surface area contributed by atoms with Crippen LogP contribution in [0.2, 0.25) is 5.02 Å². The lowest BCUT2D eigenvalue weighted by Gasteiger charge is -2.15. The molecule has 0 fully saturated rings. The zero-order valence-corrected chi connectivity index (χ0v) is 16.7. The molecular weight excluding hydrogens is 434 g/mol. The molecule has 0 saturated heterocycles. The summed E-state index contributed by atoms with van der Waals surface area (Å²) in [5.74, 6) is 0.0803. The zero-order valence-electron chi connectivity index (χ0n) is 14.3. The fourth-order valence-corrected chi connectivity index (χ4v) is 2.52. The first-order valence-electron chi connectivity index (χ1n) is 7.67. The van der Waals surface area contributed by atoms with Crippen LogP contribution in [0.3, 0.4) is 0 Å². The SMILES string of the molecule is COc1ccc(NC(=S)N/N=C\C=C(/Cl)c2ccc(Cl)cc2)c(C(F)(F)F)c1. The second kappa shape index (κ2) is 9.77. The Hall–Kier alpha value is -2.29. The van der Waals surface area contributed by atoms with Gasteiger partial charge in [0.1, 0.15) is 5.75 Å². The average Bonchev–Trinajstić information content (AvgIpc) is 2.65.